The van der Waals surface area contributed by atoms with Crippen molar-refractivity contribution >= 4 is 43.7 Å². The fraction of sp³-hybridized carbons (Fsp3) is 0. The van der Waals surface area contributed by atoms with Gasteiger partial charge < -0.3 is 4.57 Å². The molecule has 4 heteroatoms. The molecule has 10 aromatic carbocycles. The van der Waals surface area contributed by atoms with Gasteiger partial charge in [-0.15, -0.1) is 0 Å². The first-order chi connectivity index (χ1) is 33.7. The van der Waals surface area contributed by atoms with Crippen molar-refractivity contribution in [1.82, 2.24) is 19.1 Å². The standard InChI is InChI=1S/C64H42N4/c1-5-19-43(20-6-1)45-23-17-28-51(41-45)63-65-62(61-55-33-13-14-35-57(55)68(64(61)66-63)53-31-11-4-12-32-53)50-27-16-25-47(40-50)46-24-15-26-49(39-46)54-34-18-36-59-60(54)56-42-48(44-21-7-2-8-22-44)37-38-58(56)67(59)52-29-9-3-10-30-52/h1-42H. The summed E-state index contributed by atoms with van der Waals surface area (Å²) in [6.07, 6.45) is 0. The second-order valence-electron chi connectivity index (χ2n) is 17.4. The lowest BCUT2D eigenvalue weighted by Gasteiger charge is -2.13. The first-order valence-electron chi connectivity index (χ1n) is 23.2. The monoisotopic (exact) mass is 866 g/mol. The van der Waals surface area contributed by atoms with Crippen molar-refractivity contribution in [2.75, 3.05) is 0 Å². The number of aromatic nitrogens is 4. The molecule has 68 heavy (non-hydrogen) atoms. The molecule has 0 radical (unpaired) electrons. The van der Waals surface area contributed by atoms with Gasteiger partial charge in [0, 0.05) is 38.7 Å². The van der Waals surface area contributed by atoms with Crippen LogP contribution in [-0.2, 0) is 0 Å². The van der Waals surface area contributed by atoms with Gasteiger partial charge in [0.25, 0.3) is 0 Å². The SMILES string of the molecule is c1ccc(-c2cccc(-c3nc(-c4cccc(-c5cccc(-c6cccc7c6c6cc(-c8ccccc8)ccc6n7-c6ccccc6)c5)c4)c4c5ccccc5n(-c5ccccc5)c4n3)c2)cc1. The van der Waals surface area contributed by atoms with Gasteiger partial charge in [-0.05, 0) is 111 Å². The number of fused-ring (bicyclic) bond motifs is 6. The maximum atomic E-state index is 5.53. The van der Waals surface area contributed by atoms with Crippen LogP contribution >= 0.6 is 0 Å². The van der Waals surface area contributed by atoms with Gasteiger partial charge in [0.2, 0.25) is 0 Å². The number of benzene rings is 10. The Bertz CT molecular complexity index is 4000. The Labute approximate surface area is 394 Å². The van der Waals surface area contributed by atoms with E-state index in [2.05, 4.69) is 264 Å². The third-order valence-corrected chi connectivity index (χ3v) is 13.3. The zero-order chi connectivity index (χ0) is 45.0. The van der Waals surface area contributed by atoms with Crippen LogP contribution in [0.25, 0.3) is 122 Å². The highest BCUT2D eigenvalue weighted by Gasteiger charge is 2.22. The Morgan fingerprint density at radius 2 is 0.735 bits per heavy atom. The quantitative estimate of drug-likeness (QED) is 0.153. The van der Waals surface area contributed by atoms with Crippen LogP contribution in [0.3, 0.4) is 0 Å². The van der Waals surface area contributed by atoms with E-state index in [1.54, 1.807) is 0 Å². The molecule has 0 bridgehead atoms. The Balaban J connectivity index is 0.993. The summed E-state index contributed by atoms with van der Waals surface area (Å²) < 4.78 is 4.69. The third kappa shape index (κ3) is 6.69. The second kappa shape index (κ2) is 16.4. The van der Waals surface area contributed by atoms with Crippen molar-refractivity contribution in [1.29, 1.82) is 0 Å². The second-order valence-corrected chi connectivity index (χ2v) is 17.4. The van der Waals surface area contributed by atoms with Gasteiger partial charge >= 0.3 is 0 Å². The van der Waals surface area contributed by atoms with E-state index in [0.29, 0.717) is 5.82 Å². The highest BCUT2D eigenvalue weighted by Crippen LogP contribution is 2.43. The molecule has 0 aliphatic carbocycles. The van der Waals surface area contributed by atoms with E-state index in [1.807, 2.05) is 0 Å². The molecule has 0 N–H and O–H groups in total. The van der Waals surface area contributed by atoms with E-state index in [1.165, 1.54) is 38.5 Å². The van der Waals surface area contributed by atoms with E-state index in [4.69, 9.17) is 9.97 Å². The fourth-order valence-electron chi connectivity index (χ4n) is 10.2. The number of para-hydroxylation sites is 3. The van der Waals surface area contributed by atoms with Crippen molar-refractivity contribution in [3.05, 3.63) is 255 Å². The van der Waals surface area contributed by atoms with Crippen LogP contribution in [0.2, 0.25) is 0 Å². The molecule has 13 rings (SSSR count). The molecular formula is C64H42N4. The van der Waals surface area contributed by atoms with Crippen molar-refractivity contribution in [2.24, 2.45) is 0 Å². The van der Waals surface area contributed by atoms with Gasteiger partial charge in [0.05, 0.1) is 27.6 Å². The minimum atomic E-state index is 0.677. The third-order valence-electron chi connectivity index (χ3n) is 13.3. The van der Waals surface area contributed by atoms with Crippen LogP contribution in [-0.4, -0.2) is 19.1 Å². The molecule has 3 heterocycles. The maximum Gasteiger partial charge on any atom is 0.162 e. The summed E-state index contributed by atoms with van der Waals surface area (Å²) in [5, 5.41) is 4.59. The average molecular weight is 867 g/mol. The molecule has 13 aromatic rings. The minimum absolute atomic E-state index is 0.677. The van der Waals surface area contributed by atoms with E-state index in [-0.39, 0.29) is 0 Å². The molecule has 0 aliphatic rings. The molecule has 0 saturated carbocycles. The first-order valence-corrected chi connectivity index (χ1v) is 23.2. The normalized spacial score (nSPS) is 11.5. The molecular weight excluding hydrogens is 825 g/mol. The van der Waals surface area contributed by atoms with Crippen LogP contribution in [0.5, 0.6) is 0 Å². The van der Waals surface area contributed by atoms with Crippen LogP contribution < -0.4 is 0 Å². The summed E-state index contributed by atoms with van der Waals surface area (Å²) in [5.74, 6) is 0.677. The Hall–Kier alpha value is -9.12. The topological polar surface area (TPSA) is 35.6 Å². The minimum Gasteiger partial charge on any atom is -0.309 e. The van der Waals surface area contributed by atoms with Crippen LogP contribution in [0.4, 0.5) is 0 Å². The molecule has 0 atom stereocenters. The maximum absolute atomic E-state index is 5.53. The molecule has 4 nitrogen and oxygen atoms in total. The average Bonchev–Trinajstić information content (AvgIpc) is 3.94. The predicted octanol–water partition coefficient (Wildman–Crippen LogP) is 16.7. The molecule has 0 amide bonds. The van der Waals surface area contributed by atoms with Crippen LogP contribution in [0.1, 0.15) is 0 Å². The van der Waals surface area contributed by atoms with E-state index in [0.717, 1.165) is 77.9 Å². The number of hydrogen-bond acceptors (Lipinski definition) is 2. The predicted molar refractivity (Wildman–Crippen MR) is 283 cm³/mol. The summed E-state index contributed by atoms with van der Waals surface area (Å²) in [5.41, 5.74) is 18.6. The van der Waals surface area contributed by atoms with Crippen molar-refractivity contribution < 1.29 is 0 Å². The summed E-state index contributed by atoms with van der Waals surface area (Å²) >= 11 is 0. The van der Waals surface area contributed by atoms with Crippen LogP contribution in [0, 0.1) is 0 Å². The number of hydrogen-bond donors (Lipinski definition) is 0. The smallest absolute Gasteiger partial charge is 0.162 e. The molecule has 318 valence electrons. The summed E-state index contributed by atoms with van der Waals surface area (Å²) in [4.78, 5) is 11.0. The molecule has 3 aromatic heterocycles. The van der Waals surface area contributed by atoms with Crippen molar-refractivity contribution in [3.63, 3.8) is 0 Å². The highest BCUT2D eigenvalue weighted by molar-refractivity contribution is 6.17. The van der Waals surface area contributed by atoms with Crippen molar-refractivity contribution in [2.45, 2.75) is 0 Å². The number of nitrogens with zero attached hydrogens (tertiary/aromatic N) is 4. The summed E-state index contributed by atoms with van der Waals surface area (Å²) in [6, 6.07) is 91.1. The largest absolute Gasteiger partial charge is 0.309 e. The number of rotatable bonds is 8. The van der Waals surface area contributed by atoms with Crippen LogP contribution in [0.15, 0.2) is 255 Å². The van der Waals surface area contributed by atoms with Crippen molar-refractivity contribution in [3.8, 4) is 78.5 Å². The van der Waals surface area contributed by atoms with E-state index >= 15 is 0 Å². The molecule has 0 fully saturated rings. The zero-order valence-electron chi connectivity index (χ0n) is 37.0. The first kappa shape index (κ1) is 39.3. The van der Waals surface area contributed by atoms with Gasteiger partial charge in [0.1, 0.15) is 5.65 Å². The lowest BCUT2D eigenvalue weighted by Crippen LogP contribution is -1.99. The van der Waals surface area contributed by atoms with E-state index in [9.17, 15) is 0 Å². The van der Waals surface area contributed by atoms with Gasteiger partial charge in [-0.25, -0.2) is 9.97 Å². The lowest BCUT2D eigenvalue weighted by molar-refractivity contribution is 1.11. The Kier molecular flexibility index (Phi) is 9.47. The molecule has 0 saturated heterocycles. The van der Waals surface area contributed by atoms with Gasteiger partial charge in [-0.3, -0.25) is 4.57 Å². The summed E-state index contributed by atoms with van der Waals surface area (Å²) in [6.45, 7) is 0. The van der Waals surface area contributed by atoms with Gasteiger partial charge in [0.15, 0.2) is 5.82 Å². The van der Waals surface area contributed by atoms with Gasteiger partial charge in [-0.2, -0.15) is 0 Å². The van der Waals surface area contributed by atoms with E-state index < -0.39 is 0 Å². The highest BCUT2D eigenvalue weighted by atomic mass is 15.1. The zero-order valence-corrected chi connectivity index (χ0v) is 37.0. The molecule has 0 unspecified atom stereocenters. The van der Waals surface area contributed by atoms with Gasteiger partial charge in [-0.1, -0.05) is 188 Å². The molecule has 0 aliphatic heterocycles. The Morgan fingerprint density at radius 3 is 1.43 bits per heavy atom. The summed E-state index contributed by atoms with van der Waals surface area (Å²) in [7, 11) is 0. The fourth-order valence-corrected chi connectivity index (χ4v) is 10.2. The lowest BCUT2D eigenvalue weighted by atomic mass is 9.94. The molecule has 0 spiro atoms. The Morgan fingerprint density at radius 1 is 0.265 bits per heavy atom.